The smallest absolute Gasteiger partial charge is 0.255 e. The molecule has 1 N–H and O–H groups in total. The van der Waals surface area contributed by atoms with Crippen molar-refractivity contribution < 1.29 is 19.0 Å². The SMILES string of the molecule is Cc1nn(C)cc1[C@H]1OCC[C@@H]1NC(=O)c1cccc2c1OCCO2. The van der Waals surface area contributed by atoms with Gasteiger partial charge in [0.2, 0.25) is 0 Å². The molecule has 1 aromatic heterocycles. The van der Waals surface area contributed by atoms with Crippen LogP contribution in [0.3, 0.4) is 0 Å². The van der Waals surface area contributed by atoms with Crippen LogP contribution in [-0.4, -0.2) is 41.6 Å². The Kier molecular flexibility index (Phi) is 4.09. The van der Waals surface area contributed by atoms with Crippen molar-refractivity contribution in [1.29, 1.82) is 0 Å². The zero-order valence-corrected chi connectivity index (χ0v) is 14.3. The van der Waals surface area contributed by atoms with Gasteiger partial charge in [-0.3, -0.25) is 9.48 Å². The number of benzene rings is 1. The number of aryl methyl sites for hydroxylation is 2. The summed E-state index contributed by atoms with van der Waals surface area (Å²) >= 11 is 0. The lowest BCUT2D eigenvalue weighted by Crippen LogP contribution is -2.37. The number of amides is 1. The van der Waals surface area contributed by atoms with E-state index in [1.165, 1.54) is 0 Å². The summed E-state index contributed by atoms with van der Waals surface area (Å²) in [5, 5.41) is 7.47. The molecule has 0 unspecified atom stereocenters. The second-order valence-corrected chi connectivity index (χ2v) is 6.33. The van der Waals surface area contributed by atoms with Gasteiger partial charge in [-0.15, -0.1) is 0 Å². The molecular formula is C18H21N3O4. The van der Waals surface area contributed by atoms with Crippen LogP contribution in [-0.2, 0) is 11.8 Å². The second kappa shape index (κ2) is 6.40. The van der Waals surface area contributed by atoms with Crippen LogP contribution in [0.1, 0.15) is 34.1 Å². The lowest BCUT2D eigenvalue weighted by Gasteiger charge is -2.23. The van der Waals surface area contributed by atoms with Crippen molar-refractivity contribution in [2.45, 2.75) is 25.5 Å². The fourth-order valence-electron chi connectivity index (χ4n) is 3.44. The van der Waals surface area contributed by atoms with E-state index in [1.807, 2.05) is 26.2 Å². The first kappa shape index (κ1) is 16.0. The minimum Gasteiger partial charge on any atom is -0.486 e. The molecule has 0 spiro atoms. The number of fused-ring (bicyclic) bond motifs is 1. The molecule has 1 amide bonds. The van der Waals surface area contributed by atoms with Crippen molar-refractivity contribution in [2.24, 2.45) is 7.05 Å². The summed E-state index contributed by atoms with van der Waals surface area (Å²) in [6.45, 7) is 3.50. The van der Waals surface area contributed by atoms with Crippen LogP contribution in [0.2, 0.25) is 0 Å². The van der Waals surface area contributed by atoms with Crippen LogP contribution in [0.25, 0.3) is 0 Å². The molecule has 3 heterocycles. The van der Waals surface area contributed by atoms with Gasteiger partial charge < -0.3 is 19.5 Å². The molecule has 7 nitrogen and oxygen atoms in total. The zero-order valence-electron chi connectivity index (χ0n) is 14.3. The van der Waals surface area contributed by atoms with Crippen LogP contribution in [0.15, 0.2) is 24.4 Å². The van der Waals surface area contributed by atoms with E-state index in [1.54, 1.807) is 16.8 Å². The summed E-state index contributed by atoms with van der Waals surface area (Å²) < 4.78 is 18.8. The van der Waals surface area contributed by atoms with Crippen molar-refractivity contribution in [1.82, 2.24) is 15.1 Å². The molecule has 0 radical (unpaired) electrons. The zero-order chi connectivity index (χ0) is 17.4. The number of nitrogens with zero attached hydrogens (tertiary/aromatic N) is 2. The standard InChI is InChI=1S/C18H21N3O4/c1-11-13(10-21(2)20-11)16-14(6-7-24-16)19-18(22)12-4-3-5-15-17(12)25-9-8-23-15/h3-5,10,14,16H,6-9H2,1-2H3,(H,19,22)/t14-,16+/m0/s1. The Morgan fingerprint density at radius 3 is 2.92 bits per heavy atom. The third-order valence-electron chi connectivity index (χ3n) is 4.58. The lowest BCUT2D eigenvalue weighted by atomic mass is 10.0. The third-order valence-corrected chi connectivity index (χ3v) is 4.58. The number of carbonyl (C=O) groups excluding carboxylic acids is 1. The summed E-state index contributed by atoms with van der Waals surface area (Å²) in [6, 6.07) is 5.26. The van der Waals surface area contributed by atoms with Gasteiger partial charge >= 0.3 is 0 Å². The van der Waals surface area contributed by atoms with E-state index < -0.39 is 0 Å². The Hall–Kier alpha value is -2.54. The van der Waals surface area contributed by atoms with E-state index in [-0.39, 0.29) is 18.1 Å². The van der Waals surface area contributed by atoms with E-state index in [4.69, 9.17) is 14.2 Å². The van der Waals surface area contributed by atoms with Crippen LogP contribution < -0.4 is 14.8 Å². The van der Waals surface area contributed by atoms with E-state index in [9.17, 15) is 4.79 Å². The average Bonchev–Trinajstić information content (AvgIpc) is 3.19. The highest BCUT2D eigenvalue weighted by Crippen LogP contribution is 2.35. The summed E-state index contributed by atoms with van der Waals surface area (Å²) in [6.07, 6.45) is 2.53. The predicted molar refractivity (Wildman–Crippen MR) is 89.9 cm³/mol. The van der Waals surface area contributed by atoms with Crippen molar-refractivity contribution in [2.75, 3.05) is 19.8 Å². The van der Waals surface area contributed by atoms with Crippen LogP contribution >= 0.6 is 0 Å². The third kappa shape index (κ3) is 2.95. The topological polar surface area (TPSA) is 74.6 Å². The summed E-state index contributed by atoms with van der Waals surface area (Å²) in [5.74, 6) is 0.949. The molecule has 0 bridgehead atoms. The normalized spacial score (nSPS) is 22.0. The number of nitrogens with one attached hydrogen (secondary N) is 1. The van der Waals surface area contributed by atoms with Gasteiger partial charge in [-0.25, -0.2) is 0 Å². The van der Waals surface area contributed by atoms with Gasteiger partial charge in [0.15, 0.2) is 11.5 Å². The molecule has 7 heteroatoms. The molecule has 1 aromatic carbocycles. The molecular weight excluding hydrogens is 322 g/mol. The predicted octanol–water partition coefficient (Wildman–Crippen LogP) is 1.76. The fourth-order valence-corrected chi connectivity index (χ4v) is 3.44. The molecule has 132 valence electrons. The molecule has 1 saturated heterocycles. The van der Waals surface area contributed by atoms with Gasteiger partial charge in [-0.2, -0.15) is 5.10 Å². The van der Waals surface area contributed by atoms with Crippen molar-refractivity contribution in [3.8, 4) is 11.5 Å². The van der Waals surface area contributed by atoms with Gasteiger partial charge in [-0.1, -0.05) is 6.07 Å². The second-order valence-electron chi connectivity index (χ2n) is 6.33. The lowest BCUT2D eigenvalue weighted by molar-refractivity contribution is 0.0812. The van der Waals surface area contributed by atoms with Gasteiger partial charge in [0.1, 0.15) is 19.3 Å². The molecule has 1 fully saturated rings. The minimum absolute atomic E-state index is 0.101. The molecule has 2 aliphatic heterocycles. The quantitative estimate of drug-likeness (QED) is 0.919. The van der Waals surface area contributed by atoms with E-state index >= 15 is 0 Å². The maximum Gasteiger partial charge on any atom is 0.255 e. The average molecular weight is 343 g/mol. The fraction of sp³-hybridized carbons (Fsp3) is 0.444. The molecule has 2 aliphatic rings. The summed E-state index contributed by atoms with van der Waals surface area (Å²) in [7, 11) is 1.88. The van der Waals surface area contributed by atoms with E-state index in [2.05, 4.69) is 10.4 Å². The molecule has 4 rings (SSSR count). The first-order valence-corrected chi connectivity index (χ1v) is 8.44. The summed E-state index contributed by atoms with van der Waals surface area (Å²) in [4.78, 5) is 12.8. The molecule has 2 atom stereocenters. The Morgan fingerprint density at radius 1 is 1.28 bits per heavy atom. The molecule has 25 heavy (non-hydrogen) atoms. The highest BCUT2D eigenvalue weighted by molar-refractivity contribution is 5.98. The Morgan fingerprint density at radius 2 is 2.12 bits per heavy atom. The number of aromatic nitrogens is 2. The molecule has 2 aromatic rings. The number of ether oxygens (including phenoxy) is 3. The first-order chi connectivity index (χ1) is 12.1. The first-order valence-electron chi connectivity index (χ1n) is 8.44. The highest BCUT2D eigenvalue weighted by atomic mass is 16.6. The Labute approximate surface area is 145 Å². The maximum atomic E-state index is 12.8. The highest BCUT2D eigenvalue weighted by Gasteiger charge is 2.34. The van der Waals surface area contributed by atoms with Gasteiger partial charge in [0, 0.05) is 25.4 Å². The van der Waals surface area contributed by atoms with Crippen LogP contribution in [0, 0.1) is 6.92 Å². The van der Waals surface area contributed by atoms with Crippen molar-refractivity contribution >= 4 is 5.91 Å². The van der Waals surface area contributed by atoms with Gasteiger partial charge in [0.05, 0.1) is 17.3 Å². The van der Waals surface area contributed by atoms with Crippen molar-refractivity contribution in [3.05, 3.63) is 41.2 Å². The largest absolute Gasteiger partial charge is 0.486 e. The number of hydrogen-bond acceptors (Lipinski definition) is 5. The minimum atomic E-state index is -0.186. The summed E-state index contributed by atoms with van der Waals surface area (Å²) in [5.41, 5.74) is 2.42. The van der Waals surface area contributed by atoms with E-state index in [0.29, 0.717) is 36.9 Å². The number of rotatable bonds is 3. The van der Waals surface area contributed by atoms with Crippen LogP contribution in [0.4, 0.5) is 0 Å². The Bertz CT molecular complexity index is 802. The van der Waals surface area contributed by atoms with Crippen LogP contribution in [0.5, 0.6) is 11.5 Å². The molecule has 0 aliphatic carbocycles. The monoisotopic (exact) mass is 343 g/mol. The van der Waals surface area contributed by atoms with Crippen molar-refractivity contribution in [3.63, 3.8) is 0 Å². The maximum absolute atomic E-state index is 12.8. The number of carbonyl (C=O) groups is 1. The molecule has 0 saturated carbocycles. The van der Waals surface area contributed by atoms with Gasteiger partial charge in [0.25, 0.3) is 5.91 Å². The number of para-hydroxylation sites is 1. The van der Waals surface area contributed by atoms with Gasteiger partial charge in [-0.05, 0) is 25.5 Å². The number of hydrogen-bond donors (Lipinski definition) is 1. The van der Waals surface area contributed by atoms with E-state index in [0.717, 1.165) is 17.7 Å². The Balaban J connectivity index is 1.55.